The summed E-state index contributed by atoms with van der Waals surface area (Å²) in [4.78, 5) is 21.5. The number of halogens is 2. The highest BCUT2D eigenvalue weighted by Crippen LogP contribution is 2.32. The number of anilines is 3. The molecule has 2 aliphatic heterocycles. The van der Waals surface area contributed by atoms with Crippen LogP contribution in [0.4, 0.5) is 21.6 Å². The highest BCUT2D eigenvalue weighted by Gasteiger charge is 2.27. The summed E-state index contributed by atoms with van der Waals surface area (Å²) in [5, 5.41) is 3.49. The smallest absolute Gasteiger partial charge is 0.227 e. The van der Waals surface area contributed by atoms with Gasteiger partial charge in [-0.2, -0.15) is 0 Å². The van der Waals surface area contributed by atoms with E-state index in [1.54, 1.807) is 12.3 Å². The molecule has 2 fully saturated rings. The zero-order valence-electron chi connectivity index (χ0n) is 15.7. The van der Waals surface area contributed by atoms with Crippen molar-refractivity contribution in [2.24, 2.45) is 5.92 Å². The Hall–Kier alpha value is -2.34. The molecule has 4 rings (SSSR count). The molecule has 148 valence electrons. The summed E-state index contributed by atoms with van der Waals surface area (Å²) in [6.07, 6.45) is 5.25. The lowest BCUT2D eigenvalue weighted by Crippen LogP contribution is -2.38. The number of nitrogens with one attached hydrogen (secondary N) is 1. The summed E-state index contributed by atoms with van der Waals surface area (Å²) in [6, 6.07) is 8.71. The Kier molecular flexibility index (Phi) is 5.67. The lowest BCUT2D eigenvalue weighted by Gasteiger charge is -2.32. The standard InChI is InChI=1S/C21H24ClFN4O/c22-16-6-7-19(24-14-16)27-12-8-15(9-13-27)21(28)25-20-17(23)4-3-5-18(20)26-10-1-2-11-26/h3-7,14-15H,1-2,8-13H2,(H,25,28). The summed E-state index contributed by atoms with van der Waals surface area (Å²) in [7, 11) is 0. The fraction of sp³-hybridized carbons (Fsp3) is 0.429. The molecule has 28 heavy (non-hydrogen) atoms. The summed E-state index contributed by atoms with van der Waals surface area (Å²) in [6.45, 7) is 3.28. The third-order valence-electron chi connectivity index (χ3n) is 5.59. The molecule has 0 spiro atoms. The van der Waals surface area contributed by atoms with Crippen molar-refractivity contribution in [2.75, 3.05) is 41.3 Å². The lowest BCUT2D eigenvalue weighted by atomic mass is 9.95. The monoisotopic (exact) mass is 402 g/mol. The van der Waals surface area contributed by atoms with Gasteiger partial charge < -0.3 is 15.1 Å². The maximum Gasteiger partial charge on any atom is 0.227 e. The van der Waals surface area contributed by atoms with E-state index in [4.69, 9.17) is 11.6 Å². The molecule has 1 amide bonds. The average Bonchev–Trinajstić information content (AvgIpc) is 3.25. The van der Waals surface area contributed by atoms with Crippen LogP contribution in [0.25, 0.3) is 0 Å². The van der Waals surface area contributed by atoms with E-state index in [1.165, 1.54) is 6.07 Å². The van der Waals surface area contributed by atoms with Crippen molar-refractivity contribution in [3.63, 3.8) is 0 Å². The normalized spacial score (nSPS) is 17.8. The second-order valence-corrected chi connectivity index (χ2v) is 7.85. The molecule has 2 aromatic rings. The largest absolute Gasteiger partial charge is 0.370 e. The molecular formula is C21H24ClFN4O. The van der Waals surface area contributed by atoms with Crippen molar-refractivity contribution in [2.45, 2.75) is 25.7 Å². The number of benzene rings is 1. The summed E-state index contributed by atoms with van der Waals surface area (Å²) >= 11 is 5.90. The quantitative estimate of drug-likeness (QED) is 0.826. The second kappa shape index (κ2) is 8.35. The molecule has 7 heteroatoms. The van der Waals surface area contributed by atoms with Crippen molar-refractivity contribution in [1.29, 1.82) is 0 Å². The van der Waals surface area contributed by atoms with Gasteiger partial charge in [0.25, 0.3) is 0 Å². The first-order chi connectivity index (χ1) is 13.6. The van der Waals surface area contributed by atoms with Gasteiger partial charge in [-0.05, 0) is 49.9 Å². The number of rotatable bonds is 4. The van der Waals surface area contributed by atoms with Gasteiger partial charge in [-0.15, -0.1) is 0 Å². The SMILES string of the molecule is O=C(Nc1c(F)cccc1N1CCCC1)C1CCN(c2ccc(Cl)cn2)CC1. The van der Waals surface area contributed by atoms with E-state index < -0.39 is 0 Å². The number of hydrogen-bond acceptors (Lipinski definition) is 4. The van der Waals surface area contributed by atoms with E-state index in [0.717, 1.165) is 50.5 Å². The second-order valence-electron chi connectivity index (χ2n) is 7.41. The maximum absolute atomic E-state index is 14.5. The van der Waals surface area contributed by atoms with Crippen LogP contribution in [0.1, 0.15) is 25.7 Å². The highest BCUT2D eigenvalue weighted by molar-refractivity contribution is 6.30. The molecule has 1 aromatic heterocycles. The van der Waals surface area contributed by atoms with E-state index >= 15 is 0 Å². The minimum Gasteiger partial charge on any atom is -0.370 e. The molecule has 2 aliphatic rings. The van der Waals surface area contributed by atoms with Crippen LogP contribution >= 0.6 is 11.6 Å². The van der Waals surface area contributed by atoms with E-state index in [0.29, 0.717) is 23.6 Å². The molecule has 1 aromatic carbocycles. The van der Waals surface area contributed by atoms with E-state index in [-0.39, 0.29) is 17.6 Å². The molecule has 0 atom stereocenters. The Morgan fingerprint density at radius 2 is 1.82 bits per heavy atom. The van der Waals surface area contributed by atoms with Gasteiger partial charge in [0.2, 0.25) is 5.91 Å². The van der Waals surface area contributed by atoms with Gasteiger partial charge in [-0.1, -0.05) is 17.7 Å². The number of piperidine rings is 1. The first kappa shape index (κ1) is 19.0. The van der Waals surface area contributed by atoms with Crippen LogP contribution in [0.5, 0.6) is 0 Å². The van der Waals surface area contributed by atoms with Gasteiger partial charge in [0, 0.05) is 38.3 Å². The fourth-order valence-corrected chi connectivity index (χ4v) is 4.12. The molecule has 0 bridgehead atoms. The van der Waals surface area contributed by atoms with Gasteiger partial charge in [-0.25, -0.2) is 9.37 Å². The third-order valence-corrected chi connectivity index (χ3v) is 5.81. The van der Waals surface area contributed by atoms with Gasteiger partial charge >= 0.3 is 0 Å². The van der Waals surface area contributed by atoms with Gasteiger partial charge in [0.1, 0.15) is 17.3 Å². The van der Waals surface area contributed by atoms with E-state index in [2.05, 4.69) is 20.1 Å². The van der Waals surface area contributed by atoms with Crippen molar-refractivity contribution in [3.05, 3.63) is 47.4 Å². The molecule has 0 aliphatic carbocycles. The molecule has 2 saturated heterocycles. The Morgan fingerprint density at radius 1 is 1.07 bits per heavy atom. The molecular weight excluding hydrogens is 379 g/mol. The number of carbonyl (C=O) groups is 1. The van der Waals surface area contributed by atoms with Crippen LogP contribution in [-0.2, 0) is 4.79 Å². The van der Waals surface area contributed by atoms with Crippen molar-refractivity contribution >= 4 is 34.7 Å². The number of pyridine rings is 1. The van der Waals surface area contributed by atoms with E-state index in [9.17, 15) is 9.18 Å². The van der Waals surface area contributed by atoms with Crippen LogP contribution in [0.15, 0.2) is 36.5 Å². The highest BCUT2D eigenvalue weighted by atomic mass is 35.5. The number of carbonyl (C=O) groups excluding carboxylic acids is 1. The van der Waals surface area contributed by atoms with Crippen molar-refractivity contribution in [1.82, 2.24) is 4.98 Å². The van der Waals surface area contributed by atoms with Crippen LogP contribution < -0.4 is 15.1 Å². The average molecular weight is 403 g/mol. The molecule has 1 N–H and O–H groups in total. The Morgan fingerprint density at radius 3 is 2.50 bits per heavy atom. The maximum atomic E-state index is 14.5. The predicted molar refractivity (Wildman–Crippen MR) is 111 cm³/mol. The van der Waals surface area contributed by atoms with Crippen LogP contribution in [0, 0.1) is 11.7 Å². The summed E-state index contributed by atoms with van der Waals surface area (Å²) < 4.78 is 14.5. The minimum atomic E-state index is -0.374. The third kappa shape index (κ3) is 4.07. The Labute approximate surface area is 169 Å². The van der Waals surface area contributed by atoms with E-state index in [1.807, 2.05) is 18.2 Å². The number of amides is 1. The first-order valence-electron chi connectivity index (χ1n) is 9.82. The number of aromatic nitrogens is 1. The van der Waals surface area contributed by atoms with Crippen LogP contribution in [0.3, 0.4) is 0 Å². The van der Waals surface area contributed by atoms with Gasteiger partial charge in [0.15, 0.2) is 0 Å². The summed E-state index contributed by atoms with van der Waals surface area (Å²) in [5.74, 6) is 0.262. The molecule has 0 radical (unpaired) electrons. The zero-order valence-corrected chi connectivity index (χ0v) is 16.5. The molecule has 5 nitrogen and oxygen atoms in total. The van der Waals surface area contributed by atoms with Gasteiger partial charge in [0.05, 0.1) is 10.7 Å². The fourth-order valence-electron chi connectivity index (χ4n) is 4.01. The summed E-state index contributed by atoms with van der Waals surface area (Å²) in [5.41, 5.74) is 1.10. The minimum absolute atomic E-state index is 0.103. The Balaban J connectivity index is 1.40. The molecule has 0 unspecified atom stereocenters. The zero-order chi connectivity index (χ0) is 19.5. The Bertz CT molecular complexity index is 831. The van der Waals surface area contributed by atoms with Crippen molar-refractivity contribution in [3.8, 4) is 0 Å². The topological polar surface area (TPSA) is 48.5 Å². The van der Waals surface area contributed by atoms with Crippen LogP contribution in [0.2, 0.25) is 5.02 Å². The van der Waals surface area contributed by atoms with Crippen LogP contribution in [-0.4, -0.2) is 37.1 Å². The first-order valence-corrected chi connectivity index (χ1v) is 10.2. The van der Waals surface area contributed by atoms with Crippen molar-refractivity contribution < 1.29 is 9.18 Å². The number of para-hydroxylation sites is 1. The number of hydrogen-bond donors (Lipinski definition) is 1. The number of nitrogens with zero attached hydrogens (tertiary/aromatic N) is 3. The lowest BCUT2D eigenvalue weighted by molar-refractivity contribution is -0.120. The van der Waals surface area contributed by atoms with Gasteiger partial charge in [-0.3, -0.25) is 4.79 Å². The molecule has 0 saturated carbocycles. The predicted octanol–water partition coefficient (Wildman–Crippen LogP) is 4.33. The molecule has 3 heterocycles.